The first kappa shape index (κ1) is 18.6. The number of aromatic amines is 1. The second kappa shape index (κ2) is 7.57. The van der Waals surface area contributed by atoms with Crippen molar-refractivity contribution in [3.8, 4) is 0 Å². The van der Waals surface area contributed by atoms with Crippen molar-refractivity contribution in [3.63, 3.8) is 0 Å². The van der Waals surface area contributed by atoms with Crippen molar-refractivity contribution in [1.29, 1.82) is 0 Å². The van der Waals surface area contributed by atoms with Gasteiger partial charge in [0.15, 0.2) is 5.15 Å². The van der Waals surface area contributed by atoms with Crippen LogP contribution in [0.1, 0.15) is 23.0 Å². The molecular formula is C18H18ClN3O3S. The molecule has 0 aliphatic carbocycles. The fourth-order valence-corrected chi connectivity index (χ4v) is 4.00. The van der Waals surface area contributed by atoms with E-state index in [1.807, 2.05) is 19.1 Å². The van der Waals surface area contributed by atoms with E-state index >= 15 is 0 Å². The van der Waals surface area contributed by atoms with Gasteiger partial charge in [0, 0.05) is 17.6 Å². The molecule has 8 heteroatoms. The molecule has 1 atom stereocenters. The van der Waals surface area contributed by atoms with E-state index in [1.165, 1.54) is 0 Å². The molecule has 2 aromatic heterocycles. The van der Waals surface area contributed by atoms with Crippen LogP contribution in [-0.2, 0) is 16.1 Å². The second-order valence-electron chi connectivity index (χ2n) is 5.63. The zero-order valence-electron chi connectivity index (χ0n) is 14.6. The van der Waals surface area contributed by atoms with E-state index in [4.69, 9.17) is 16.3 Å². The molecule has 0 fully saturated rings. The lowest BCUT2D eigenvalue weighted by Crippen LogP contribution is -2.27. The highest BCUT2D eigenvalue weighted by Crippen LogP contribution is 2.33. The Balaban J connectivity index is 2.05. The number of aryl methyl sites for hydroxylation is 1. The smallest absolute Gasteiger partial charge is 0.354 e. The fourth-order valence-electron chi connectivity index (χ4n) is 2.66. The normalized spacial score (nSPS) is 12.2. The number of ether oxygens (including phenoxy) is 1. The van der Waals surface area contributed by atoms with Crippen molar-refractivity contribution in [1.82, 2.24) is 9.97 Å². The van der Waals surface area contributed by atoms with Crippen LogP contribution in [0.5, 0.6) is 0 Å². The minimum absolute atomic E-state index is 0.194. The average molecular weight is 392 g/mol. The third kappa shape index (κ3) is 3.38. The molecule has 0 bridgehead atoms. The Morgan fingerprint density at radius 2 is 2.19 bits per heavy atom. The van der Waals surface area contributed by atoms with Crippen molar-refractivity contribution in [2.24, 2.45) is 0 Å². The predicted molar refractivity (Wildman–Crippen MR) is 103 cm³/mol. The minimum Gasteiger partial charge on any atom is -0.588 e. The standard InChI is InChI=1S/C18H18ClN3O3S/c1-4-25-18(23)13-10-12-11(2)7-8-14(16(12)21-13)22(3)26(24)15-6-5-9-20-17(15)19/h5-10,21H,4H2,1-3H3. The maximum atomic E-state index is 12.9. The fraction of sp³-hybridized carbons (Fsp3) is 0.222. The molecule has 0 amide bonds. The quantitative estimate of drug-likeness (QED) is 0.405. The van der Waals surface area contributed by atoms with Gasteiger partial charge in [0.2, 0.25) is 4.90 Å². The highest BCUT2D eigenvalue weighted by atomic mass is 35.5. The van der Waals surface area contributed by atoms with Crippen LogP contribution in [0.2, 0.25) is 5.15 Å². The van der Waals surface area contributed by atoms with E-state index in [0.717, 1.165) is 10.9 Å². The predicted octanol–water partition coefficient (Wildman–Crippen LogP) is 3.86. The minimum atomic E-state index is -1.56. The topological polar surface area (TPSA) is 81.3 Å². The summed E-state index contributed by atoms with van der Waals surface area (Å²) in [6.07, 6.45) is 1.55. The van der Waals surface area contributed by atoms with Crippen LogP contribution >= 0.6 is 11.6 Å². The Bertz CT molecular complexity index is 960. The summed E-state index contributed by atoms with van der Waals surface area (Å²) >= 11 is 4.52. The summed E-state index contributed by atoms with van der Waals surface area (Å²) in [6.45, 7) is 4.00. The number of benzene rings is 1. The van der Waals surface area contributed by atoms with Crippen LogP contribution in [0.3, 0.4) is 0 Å². The number of H-pyrrole nitrogens is 1. The number of hydrogen-bond donors (Lipinski definition) is 1. The van der Waals surface area contributed by atoms with E-state index in [0.29, 0.717) is 28.4 Å². The molecule has 0 aliphatic rings. The number of halogens is 1. The van der Waals surface area contributed by atoms with Gasteiger partial charge in [-0.2, -0.15) is 4.31 Å². The van der Waals surface area contributed by atoms with Gasteiger partial charge in [0.1, 0.15) is 22.7 Å². The van der Waals surface area contributed by atoms with E-state index in [9.17, 15) is 9.35 Å². The number of carbonyl (C=O) groups excluding carboxylic acids is 1. The molecule has 0 saturated heterocycles. The number of esters is 1. The van der Waals surface area contributed by atoms with Crippen LogP contribution in [0.15, 0.2) is 41.4 Å². The lowest BCUT2D eigenvalue weighted by molar-refractivity contribution is 0.0520. The monoisotopic (exact) mass is 391 g/mol. The van der Waals surface area contributed by atoms with Crippen molar-refractivity contribution in [2.45, 2.75) is 18.7 Å². The van der Waals surface area contributed by atoms with Gasteiger partial charge in [-0.1, -0.05) is 17.7 Å². The van der Waals surface area contributed by atoms with Gasteiger partial charge >= 0.3 is 5.97 Å². The van der Waals surface area contributed by atoms with Gasteiger partial charge in [0.25, 0.3) is 0 Å². The lowest BCUT2D eigenvalue weighted by atomic mass is 10.1. The molecule has 0 aliphatic heterocycles. The average Bonchev–Trinajstić information content (AvgIpc) is 3.08. The molecule has 3 rings (SSSR count). The second-order valence-corrected chi connectivity index (χ2v) is 7.48. The zero-order chi connectivity index (χ0) is 18.8. The van der Waals surface area contributed by atoms with Crippen LogP contribution < -0.4 is 4.31 Å². The third-order valence-electron chi connectivity index (χ3n) is 3.99. The number of rotatable bonds is 5. The van der Waals surface area contributed by atoms with Crippen LogP contribution in [0, 0.1) is 6.92 Å². The Hall–Kier alpha value is -2.22. The number of pyridine rings is 1. The van der Waals surface area contributed by atoms with Crippen molar-refractivity contribution in [3.05, 3.63) is 52.9 Å². The molecule has 6 nitrogen and oxygen atoms in total. The van der Waals surface area contributed by atoms with E-state index < -0.39 is 17.3 Å². The largest absolute Gasteiger partial charge is 0.588 e. The summed E-state index contributed by atoms with van der Waals surface area (Å²) < 4.78 is 19.6. The maximum absolute atomic E-state index is 12.9. The maximum Gasteiger partial charge on any atom is 0.354 e. The molecule has 2 heterocycles. The lowest BCUT2D eigenvalue weighted by Gasteiger charge is -2.22. The number of nitrogens with zero attached hydrogens (tertiary/aromatic N) is 2. The van der Waals surface area contributed by atoms with E-state index in [2.05, 4.69) is 9.97 Å². The molecule has 0 saturated carbocycles. The van der Waals surface area contributed by atoms with Crippen LogP contribution in [-0.4, -0.2) is 34.1 Å². The number of hydrogen-bond acceptors (Lipinski definition) is 5. The molecule has 3 aromatic rings. The highest BCUT2D eigenvalue weighted by Gasteiger charge is 2.25. The summed E-state index contributed by atoms with van der Waals surface area (Å²) in [5.41, 5.74) is 2.74. The Morgan fingerprint density at radius 3 is 2.88 bits per heavy atom. The van der Waals surface area contributed by atoms with Gasteiger partial charge in [-0.15, -0.1) is 0 Å². The van der Waals surface area contributed by atoms with E-state index in [1.54, 1.807) is 42.7 Å². The Kier molecular flexibility index (Phi) is 5.41. The Labute approximate surface area is 159 Å². The first-order valence-corrected chi connectivity index (χ1v) is 9.48. The summed E-state index contributed by atoms with van der Waals surface area (Å²) in [4.78, 5) is 19.5. The zero-order valence-corrected chi connectivity index (χ0v) is 16.1. The summed E-state index contributed by atoms with van der Waals surface area (Å²) in [7, 11) is 1.70. The van der Waals surface area contributed by atoms with Crippen molar-refractivity contribution < 1.29 is 14.1 Å². The van der Waals surface area contributed by atoms with E-state index in [-0.39, 0.29) is 5.15 Å². The molecule has 136 valence electrons. The first-order chi connectivity index (χ1) is 12.4. The molecule has 0 spiro atoms. The van der Waals surface area contributed by atoms with Crippen molar-refractivity contribution >= 4 is 45.5 Å². The SMILES string of the molecule is CCOC(=O)c1cc2c(C)ccc(N(C)[S+]([O-])c3cccnc3Cl)c2[nH]1. The number of aromatic nitrogens is 2. The molecule has 0 radical (unpaired) electrons. The Morgan fingerprint density at radius 1 is 1.42 bits per heavy atom. The summed E-state index contributed by atoms with van der Waals surface area (Å²) in [5.74, 6) is -0.423. The van der Waals surface area contributed by atoms with Crippen LogP contribution in [0.25, 0.3) is 10.9 Å². The third-order valence-corrected chi connectivity index (χ3v) is 5.80. The van der Waals surface area contributed by atoms with Gasteiger partial charge in [0.05, 0.1) is 19.2 Å². The summed E-state index contributed by atoms with van der Waals surface area (Å²) in [5, 5.41) is 1.06. The number of carbonyl (C=O) groups is 1. The molecule has 1 N–H and O–H groups in total. The number of nitrogens with one attached hydrogen (secondary N) is 1. The summed E-state index contributed by atoms with van der Waals surface area (Å²) in [6, 6.07) is 8.88. The highest BCUT2D eigenvalue weighted by molar-refractivity contribution is 7.93. The molecular weight excluding hydrogens is 374 g/mol. The van der Waals surface area contributed by atoms with Crippen LogP contribution in [0.4, 0.5) is 5.69 Å². The van der Waals surface area contributed by atoms with Gasteiger partial charge in [-0.05, 0) is 37.6 Å². The van der Waals surface area contributed by atoms with Gasteiger partial charge in [-0.25, -0.2) is 9.78 Å². The van der Waals surface area contributed by atoms with Gasteiger partial charge < -0.3 is 14.3 Å². The molecule has 1 unspecified atom stereocenters. The first-order valence-electron chi connectivity index (χ1n) is 7.99. The molecule has 26 heavy (non-hydrogen) atoms. The number of fused-ring (bicyclic) bond motifs is 1. The van der Waals surface area contributed by atoms with Gasteiger partial charge in [-0.3, -0.25) is 0 Å². The van der Waals surface area contributed by atoms with Crippen molar-refractivity contribution in [2.75, 3.05) is 18.0 Å². The number of anilines is 1. The molecule has 1 aromatic carbocycles.